The van der Waals surface area contributed by atoms with Crippen LogP contribution in [0.4, 0.5) is 10.5 Å². The second kappa shape index (κ2) is 5.83. The topological polar surface area (TPSA) is 69.6 Å². The van der Waals surface area contributed by atoms with E-state index >= 15 is 0 Å². The average Bonchev–Trinajstić information content (AvgIpc) is 2.77. The lowest BCUT2D eigenvalue weighted by Crippen LogP contribution is -2.34. The lowest BCUT2D eigenvalue weighted by molar-refractivity contribution is -0.142. The summed E-state index contributed by atoms with van der Waals surface area (Å²) in [5.41, 5.74) is 1.68. The van der Waals surface area contributed by atoms with E-state index in [0.717, 1.165) is 15.7 Å². The quantitative estimate of drug-likeness (QED) is 0.869. The standard InChI is InChI=1S/C14H17BrN2O3/c1-8-6-17(7-10(8)13(18)19)14(20)16-12-5-3-4-11(15)9(12)2/h3-5,8,10H,6-7H2,1-2H3,(H,16,20)(H,18,19)/t8-,10-/m1/s1. The fourth-order valence-electron chi connectivity index (χ4n) is 2.39. The van der Waals surface area contributed by atoms with Crippen molar-refractivity contribution in [3.05, 3.63) is 28.2 Å². The third-order valence-electron chi connectivity index (χ3n) is 3.73. The van der Waals surface area contributed by atoms with Gasteiger partial charge in [0.05, 0.1) is 5.92 Å². The Morgan fingerprint density at radius 3 is 2.70 bits per heavy atom. The van der Waals surface area contributed by atoms with Crippen molar-refractivity contribution in [3.63, 3.8) is 0 Å². The number of carboxylic acid groups (broad SMARTS) is 1. The first-order chi connectivity index (χ1) is 9.40. The largest absolute Gasteiger partial charge is 0.481 e. The molecule has 0 aliphatic carbocycles. The molecule has 0 radical (unpaired) electrons. The van der Waals surface area contributed by atoms with Gasteiger partial charge in [-0.3, -0.25) is 4.79 Å². The number of carboxylic acids is 1. The van der Waals surface area contributed by atoms with Crippen LogP contribution < -0.4 is 5.32 Å². The highest BCUT2D eigenvalue weighted by Crippen LogP contribution is 2.26. The Hall–Kier alpha value is -1.56. The summed E-state index contributed by atoms with van der Waals surface area (Å²) >= 11 is 3.42. The molecule has 20 heavy (non-hydrogen) atoms. The molecule has 2 atom stereocenters. The summed E-state index contributed by atoms with van der Waals surface area (Å²) in [6, 6.07) is 5.33. The van der Waals surface area contributed by atoms with Crippen LogP contribution in [0, 0.1) is 18.8 Å². The molecule has 1 aliphatic heterocycles. The number of rotatable bonds is 2. The molecule has 0 aromatic heterocycles. The van der Waals surface area contributed by atoms with E-state index < -0.39 is 11.9 Å². The molecule has 0 saturated carbocycles. The van der Waals surface area contributed by atoms with Gasteiger partial charge in [-0.1, -0.05) is 28.9 Å². The molecule has 1 heterocycles. The zero-order valence-electron chi connectivity index (χ0n) is 11.4. The number of nitrogens with one attached hydrogen (secondary N) is 1. The van der Waals surface area contributed by atoms with Crippen molar-refractivity contribution in [2.45, 2.75) is 13.8 Å². The fourth-order valence-corrected chi connectivity index (χ4v) is 2.76. The van der Waals surface area contributed by atoms with Gasteiger partial charge >= 0.3 is 12.0 Å². The van der Waals surface area contributed by atoms with Crippen molar-refractivity contribution < 1.29 is 14.7 Å². The molecule has 2 amide bonds. The Bertz CT molecular complexity index is 547. The Labute approximate surface area is 126 Å². The van der Waals surface area contributed by atoms with Crippen LogP contribution in [0.5, 0.6) is 0 Å². The molecule has 108 valence electrons. The predicted molar refractivity (Wildman–Crippen MR) is 79.8 cm³/mol. The highest BCUT2D eigenvalue weighted by atomic mass is 79.9. The van der Waals surface area contributed by atoms with Gasteiger partial charge in [0.25, 0.3) is 0 Å². The van der Waals surface area contributed by atoms with E-state index in [4.69, 9.17) is 5.11 Å². The highest BCUT2D eigenvalue weighted by molar-refractivity contribution is 9.10. The third-order valence-corrected chi connectivity index (χ3v) is 4.59. The molecule has 1 aliphatic rings. The van der Waals surface area contributed by atoms with Crippen molar-refractivity contribution >= 4 is 33.6 Å². The lowest BCUT2D eigenvalue weighted by Gasteiger charge is -2.18. The Kier molecular flexibility index (Phi) is 4.32. The van der Waals surface area contributed by atoms with Crippen molar-refractivity contribution in [1.82, 2.24) is 4.90 Å². The molecule has 1 aromatic rings. The van der Waals surface area contributed by atoms with E-state index in [2.05, 4.69) is 21.2 Å². The molecule has 6 heteroatoms. The molecule has 1 saturated heterocycles. The second-order valence-electron chi connectivity index (χ2n) is 5.17. The number of hydrogen-bond donors (Lipinski definition) is 2. The second-order valence-corrected chi connectivity index (χ2v) is 6.02. The van der Waals surface area contributed by atoms with Crippen LogP contribution in [0.1, 0.15) is 12.5 Å². The molecule has 2 rings (SSSR count). The van der Waals surface area contributed by atoms with Gasteiger partial charge in [0.1, 0.15) is 0 Å². The lowest BCUT2D eigenvalue weighted by atomic mass is 9.99. The Balaban J connectivity index is 2.06. The number of anilines is 1. The number of carbonyl (C=O) groups is 2. The van der Waals surface area contributed by atoms with Gasteiger partial charge in [-0.2, -0.15) is 0 Å². The minimum Gasteiger partial charge on any atom is -0.481 e. The summed E-state index contributed by atoms with van der Waals surface area (Å²) in [4.78, 5) is 24.8. The molecule has 1 fully saturated rings. The monoisotopic (exact) mass is 340 g/mol. The Morgan fingerprint density at radius 1 is 1.40 bits per heavy atom. The number of urea groups is 1. The number of nitrogens with zero attached hydrogens (tertiary/aromatic N) is 1. The van der Waals surface area contributed by atoms with Gasteiger partial charge in [0.15, 0.2) is 0 Å². The van der Waals surface area contributed by atoms with Crippen molar-refractivity contribution in [3.8, 4) is 0 Å². The summed E-state index contributed by atoms with van der Waals surface area (Å²) in [6.45, 7) is 4.49. The first kappa shape index (κ1) is 14.8. The number of likely N-dealkylation sites (tertiary alicyclic amines) is 1. The molecular weight excluding hydrogens is 324 g/mol. The Morgan fingerprint density at radius 2 is 2.10 bits per heavy atom. The van der Waals surface area contributed by atoms with Crippen LogP contribution in [0.15, 0.2) is 22.7 Å². The van der Waals surface area contributed by atoms with Crippen LogP contribution in [-0.4, -0.2) is 35.1 Å². The summed E-state index contributed by atoms with van der Waals surface area (Å²) < 4.78 is 0.925. The first-order valence-corrected chi connectivity index (χ1v) is 7.23. The molecular formula is C14H17BrN2O3. The van der Waals surface area contributed by atoms with Gasteiger partial charge in [-0.05, 0) is 30.5 Å². The molecule has 0 bridgehead atoms. The zero-order chi connectivity index (χ0) is 14.9. The first-order valence-electron chi connectivity index (χ1n) is 6.44. The number of hydrogen-bond acceptors (Lipinski definition) is 2. The third kappa shape index (κ3) is 2.95. The van der Waals surface area contributed by atoms with Gasteiger partial charge < -0.3 is 15.3 Å². The van der Waals surface area contributed by atoms with Crippen LogP contribution >= 0.6 is 15.9 Å². The summed E-state index contributed by atoms with van der Waals surface area (Å²) in [6.07, 6.45) is 0. The highest BCUT2D eigenvalue weighted by Gasteiger charge is 2.37. The van der Waals surface area contributed by atoms with E-state index in [-0.39, 0.29) is 18.5 Å². The zero-order valence-corrected chi connectivity index (χ0v) is 13.0. The molecule has 5 nitrogen and oxygen atoms in total. The summed E-state index contributed by atoms with van der Waals surface area (Å²) in [7, 11) is 0. The van der Waals surface area contributed by atoms with Gasteiger partial charge in [-0.25, -0.2) is 4.79 Å². The van der Waals surface area contributed by atoms with E-state index in [9.17, 15) is 9.59 Å². The average molecular weight is 341 g/mol. The maximum Gasteiger partial charge on any atom is 0.321 e. The van der Waals surface area contributed by atoms with Crippen LogP contribution in [0.3, 0.4) is 0 Å². The maximum absolute atomic E-state index is 12.2. The summed E-state index contributed by atoms with van der Waals surface area (Å²) in [5, 5.41) is 11.9. The van der Waals surface area contributed by atoms with Gasteiger partial charge in [-0.15, -0.1) is 0 Å². The minimum atomic E-state index is -0.841. The van der Waals surface area contributed by atoms with Crippen LogP contribution in [0.2, 0.25) is 0 Å². The molecule has 0 spiro atoms. The predicted octanol–water partition coefficient (Wildman–Crippen LogP) is 2.94. The molecule has 0 unspecified atom stereocenters. The summed E-state index contributed by atoms with van der Waals surface area (Å²) in [5.74, 6) is -1.35. The SMILES string of the molecule is Cc1c(Br)cccc1NC(=O)N1C[C@@H](C)[C@H](C(=O)O)C1. The smallest absolute Gasteiger partial charge is 0.321 e. The number of halogens is 1. The minimum absolute atomic E-state index is 0.0261. The number of carbonyl (C=O) groups excluding carboxylic acids is 1. The van der Waals surface area contributed by atoms with Crippen molar-refractivity contribution in [2.24, 2.45) is 11.8 Å². The van der Waals surface area contributed by atoms with E-state index in [1.165, 1.54) is 0 Å². The van der Waals surface area contributed by atoms with Crippen LogP contribution in [0.25, 0.3) is 0 Å². The van der Waals surface area contributed by atoms with E-state index in [0.29, 0.717) is 6.54 Å². The molecule has 2 N–H and O–H groups in total. The molecule has 1 aromatic carbocycles. The number of aliphatic carboxylic acids is 1. The van der Waals surface area contributed by atoms with Gasteiger partial charge in [0.2, 0.25) is 0 Å². The van der Waals surface area contributed by atoms with Crippen molar-refractivity contribution in [2.75, 3.05) is 18.4 Å². The van der Waals surface area contributed by atoms with Crippen LogP contribution in [-0.2, 0) is 4.79 Å². The van der Waals surface area contributed by atoms with Crippen molar-refractivity contribution in [1.29, 1.82) is 0 Å². The van der Waals surface area contributed by atoms with Gasteiger partial charge in [0, 0.05) is 23.2 Å². The maximum atomic E-state index is 12.2. The fraction of sp³-hybridized carbons (Fsp3) is 0.429. The number of amides is 2. The van der Waals surface area contributed by atoms with E-state index in [1.54, 1.807) is 4.90 Å². The number of benzene rings is 1. The normalized spacial score (nSPS) is 21.9. The van der Waals surface area contributed by atoms with E-state index in [1.807, 2.05) is 32.0 Å².